The van der Waals surface area contributed by atoms with Gasteiger partial charge in [0.15, 0.2) is 7.14 Å². The molecule has 1 unspecified atom stereocenters. The third-order valence-electron chi connectivity index (χ3n) is 6.62. The van der Waals surface area contributed by atoms with Crippen LogP contribution < -0.4 is 15.9 Å². The second-order valence-corrected chi connectivity index (χ2v) is 11.1. The van der Waals surface area contributed by atoms with E-state index in [-0.39, 0.29) is 0 Å². The van der Waals surface area contributed by atoms with Crippen LogP contribution in [0.25, 0.3) is 44.2 Å². The maximum atomic E-state index is 15.4. The third-order valence-corrected chi connectivity index (χ3v) is 9.76. The van der Waals surface area contributed by atoms with Crippen LogP contribution >= 0.6 is 7.14 Å². The van der Waals surface area contributed by atoms with E-state index in [4.69, 9.17) is 15.0 Å². The fraction of sp³-hybridized carbons (Fsp3) is 0. The molecule has 4 nitrogen and oxygen atoms in total. The third kappa shape index (κ3) is 2.49. The zero-order chi connectivity index (χ0) is 22.7. The van der Waals surface area contributed by atoms with Crippen LogP contribution in [0.1, 0.15) is 0 Å². The Balaban J connectivity index is 1.80. The molecule has 5 heteroatoms. The van der Waals surface area contributed by atoms with Crippen LogP contribution in [-0.2, 0) is 4.57 Å². The summed E-state index contributed by atoms with van der Waals surface area (Å²) in [6, 6.07) is 29.7. The van der Waals surface area contributed by atoms with Crippen molar-refractivity contribution in [3.05, 3.63) is 110 Å². The molecule has 1 aliphatic heterocycles. The van der Waals surface area contributed by atoms with Crippen LogP contribution in [0.15, 0.2) is 110 Å². The Kier molecular flexibility index (Phi) is 4.08. The topological polar surface area (TPSA) is 55.7 Å². The lowest BCUT2D eigenvalue weighted by Crippen LogP contribution is -2.26. The van der Waals surface area contributed by atoms with Crippen LogP contribution in [0.4, 0.5) is 0 Å². The Morgan fingerprint density at radius 2 is 1.12 bits per heavy atom. The second-order valence-electron chi connectivity index (χ2n) is 8.38. The summed E-state index contributed by atoms with van der Waals surface area (Å²) < 4.78 is 15.4. The molecular weight excluding hydrogens is 437 g/mol. The lowest BCUT2D eigenvalue weighted by Gasteiger charge is -2.21. The molecule has 0 aliphatic carbocycles. The van der Waals surface area contributed by atoms with Gasteiger partial charge >= 0.3 is 0 Å². The van der Waals surface area contributed by atoms with Gasteiger partial charge in [-0.05, 0) is 29.8 Å². The maximum Gasteiger partial charge on any atom is 0.173 e. The van der Waals surface area contributed by atoms with E-state index < -0.39 is 7.14 Å². The minimum Gasteiger partial charge on any atom is -0.309 e. The molecule has 34 heavy (non-hydrogen) atoms. The number of hydrogen-bond acceptors (Lipinski definition) is 4. The number of hydrogen-bond donors (Lipinski definition) is 0. The van der Waals surface area contributed by atoms with Gasteiger partial charge in [0, 0.05) is 56.4 Å². The van der Waals surface area contributed by atoms with E-state index in [0.29, 0.717) is 0 Å². The highest BCUT2D eigenvalue weighted by molar-refractivity contribution is 7.85. The average molecular weight is 455 g/mol. The van der Waals surface area contributed by atoms with Gasteiger partial charge in [-0.15, -0.1) is 0 Å². The van der Waals surface area contributed by atoms with Crippen molar-refractivity contribution in [3.8, 4) is 22.4 Å². The summed E-state index contributed by atoms with van der Waals surface area (Å²) in [6.45, 7) is 0. The normalized spacial score (nSPS) is 16.5. The number of aromatic nitrogens is 3. The first-order valence-electron chi connectivity index (χ1n) is 11.2. The summed E-state index contributed by atoms with van der Waals surface area (Å²) >= 11 is 0. The molecule has 0 amide bonds. The number of fused-ring (bicyclic) bond motifs is 10. The van der Waals surface area contributed by atoms with Gasteiger partial charge < -0.3 is 4.57 Å². The molecular formula is C29H18N3OP. The summed E-state index contributed by atoms with van der Waals surface area (Å²) in [5.74, 6) is 0. The maximum absolute atomic E-state index is 15.4. The molecule has 160 valence electrons. The van der Waals surface area contributed by atoms with Crippen LogP contribution in [-0.4, -0.2) is 15.0 Å². The summed E-state index contributed by atoms with van der Waals surface area (Å²) in [5.41, 5.74) is 5.31. The number of rotatable bonds is 1. The van der Waals surface area contributed by atoms with E-state index in [9.17, 15) is 0 Å². The van der Waals surface area contributed by atoms with Gasteiger partial charge in [0.2, 0.25) is 0 Å². The molecule has 1 aliphatic rings. The SMILES string of the molecule is O=P1(c2ccccc2)c2ccccc2-c2c(c3cccnc3c3ncccc23)-c2ncccc21. The largest absolute Gasteiger partial charge is 0.309 e. The van der Waals surface area contributed by atoms with E-state index >= 15 is 4.57 Å². The molecule has 0 saturated heterocycles. The van der Waals surface area contributed by atoms with E-state index in [1.807, 2.05) is 72.8 Å². The fourth-order valence-corrected chi connectivity index (χ4v) is 8.23. The van der Waals surface area contributed by atoms with Gasteiger partial charge in [-0.3, -0.25) is 15.0 Å². The zero-order valence-electron chi connectivity index (χ0n) is 18.1. The molecule has 0 saturated carbocycles. The Bertz CT molecular complexity index is 1690. The highest BCUT2D eigenvalue weighted by Gasteiger charge is 2.39. The summed E-state index contributed by atoms with van der Waals surface area (Å²) in [6.07, 6.45) is 5.37. The van der Waals surface area contributed by atoms with Gasteiger partial charge in [0.1, 0.15) is 0 Å². The van der Waals surface area contributed by atoms with Crippen molar-refractivity contribution in [2.75, 3.05) is 0 Å². The van der Waals surface area contributed by atoms with E-state index in [1.54, 1.807) is 18.6 Å². The Hall–Kier alpha value is -4.14. The lowest BCUT2D eigenvalue weighted by atomic mass is 9.90. The number of pyridine rings is 3. The van der Waals surface area contributed by atoms with Crippen molar-refractivity contribution >= 4 is 44.9 Å². The van der Waals surface area contributed by atoms with Gasteiger partial charge in [0.25, 0.3) is 0 Å². The predicted octanol–water partition coefficient (Wildman–Crippen LogP) is 5.46. The number of nitrogens with zero attached hydrogens (tertiary/aromatic N) is 3. The summed E-state index contributed by atoms with van der Waals surface area (Å²) in [5, 5.41) is 4.31. The summed E-state index contributed by atoms with van der Waals surface area (Å²) in [7, 11) is -3.23. The second kappa shape index (κ2) is 7.18. The van der Waals surface area contributed by atoms with Crippen LogP contribution in [0.5, 0.6) is 0 Å². The van der Waals surface area contributed by atoms with Gasteiger partial charge in [-0.2, -0.15) is 0 Å². The minimum absolute atomic E-state index is 0.740. The zero-order valence-corrected chi connectivity index (χ0v) is 19.0. The molecule has 0 bridgehead atoms. The predicted molar refractivity (Wildman–Crippen MR) is 139 cm³/mol. The van der Waals surface area contributed by atoms with E-state index in [1.165, 1.54) is 0 Å². The first-order chi connectivity index (χ1) is 16.8. The molecule has 0 fully saturated rings. The van der Waals surface area contributed by atoms with Crippen molar-refractivity contribution in [2.24, 2.45) is 0 Å². The van der Waals surface area contributed by atoms with Crippen molar-refractivity contribution in [2.45, 2.75) is 0 Å². The van der Waals surface area contributed by atoms with Crippen LogP contribution in [0.3, 0.4) is 0 Å². The van der Waals surface area contributed by atoms with Gasteiger partial charge in [-0.1, -0.05) is 66.7 Å². The molecule has 0 spiro atoms. The molecule has 0 N–H and O–H groups in total. The molecule has 7 rings (SSSR count). The van der Waals surface area contributed by atoms with Crippen LogP contribution in [0, 0.1) is 0 Å². The first kappa shape index (κ1) is 19.3. The molecule has 3 aromatic heterocycles. The van der Waals surface area contributed by atoms with E-state index in [0.717, 1.165) is 60.1 Å². The van der Waals surface area contributed by atoms with Crippen molar-refractivity contribution in [1.29, 1.82) is 0 Å². The molecule has 1 atom stereocenters. The quantitative estimate of drug-likeness (QED) is 0.244. The highest BCUT2D eigenvalue weighted by atomic mass is 31.2. The number of benzene rings is 3. The standard InChI is InChI=1S/C29H18N3OP/c33-34(19-9-2-1-3-10-19)23-14-5-4-11-20(23)25-21-12-6-16-30-27(21)28-22(13-7-17-31-28)26(25)29-24(34)15-8-18-32-29/h1-18H. The van der Waals surface area contributed by atoms with Crippen molar-refractivity contribution < 1.29 is 4.57 Å². The minimum atomic E-state index is -3.23. The first-order valence-corrected chi connectivity index (χ1v) is 12.9. The Morgan fingerprint density at radius 1 is 0.529 bits per heavy atom. The smallest absolute Gasteiger partial charge is 0.173 e. The van der Waals surface area contributed by atoms with Gasteiger partial charge in [-0.25, -0.2) is 0 Å². The van der Waals surface area contributed by atoms with Gasteiger partial charge in [0.05, 0.1) is 16.7 Å². The Labute approximate surface area is 196 Å². The monoisotopic (exact) mass is 455 g/mol. The molecule has 4 heterocycles. The highest BCUT2D eigenvalue weighted by Crippen LogP contribution is 2.53. The lowest BCUT2D eigenvalue weighted by molar-refractivity contribution is 0.592. The Morgan fingerprint density at radius 3 is 1.88 bits per heavy atom. The summed E-state index contributed by atoms with van der Waals surface area (Å²) in [4.78, 5) is 14.3. The molecule has 3 aromatic carbocycles. The average Bonchev–Trinajstić information content (AvgIpc) is 3.02. The van der Waals surface area contributed by atoms with Crippen LogP contribution in [0.2, 0.25) is 0 Å². The van der Waals surface area contributed by atoms with Crippen molar-refractivity contribution in [1.82, 2.24) is 15.0 Å². The molecule has 0 radical (unpaired) electrons. The fourth-order valence-electron chi connectivity index (χ4n) is 5.24. The van der Waals surface area contributed by atoms with E-state index in [2.05, 4.69) is 18.2 Å². The van der Waals surface area contributed by atoms with Crippen molar-refractivity contribution in [3.63, 3.8) is 0 Å². The molecule has 6 aromatic rings.